The van der Waals surface area contributed by atoms with Crippen LogP contribution in [-0.4, -0.2) is 23.8 Å². The van der Waals surface area contributed by atoms with Gasteiger partial charge in [-0.3, -0.25) is 19.2 Å². The van der Waals surface area contributed by atoms with E-state index in [1.807, 2.05) is 0 Å². The molecule has 5 rings (SSSR count). The van der Waals surface area contributed by atoms with Crippen molar-refractivity contribution in [1.29, 1.82) is 0 Å². The van der Waals surface area contributed by atoms with Crippen LogP contribution in [0.4, 0.5) is 11.4 Å². The number of carbonyl (C=O) groups excluding carboxylic acids is 3. The van der Waals surface area contributed by atoms with Gasteiger partial charge in [0.25, 0.3) is 0 Å². The predicted molar refractivity (Wildman–Crippen MR) is 154 cm³/mol. The Labute approximate surface area is 231 Å². The Morgan fingerprint density at radius 3 is 1.85 bits per heavy atom. The second kappa shape index (κ2) is 12.4. The SMILES string of the molecule is O=C(Nc1ccccc1)C(C(=O)Nc1ccccc1)C(C(=O)NC1CCCCC1)c1coc2ccccc2c1=O. The van der Waals surface area contributed by atoms with Gasteiger partial charge in [0.2, 0.25) is 17.7 Å². The van der Waals surface area contributed by atoms with Crippen molar-refractivity contribution in [2.45, 2.75) is 44.1 Å². The maximum Gasteiger partial charge on any atom is 0.238 e. The molecule has 1 aromatic heterocycles. The Kier molecular flexibility index (Phi) is 8.35. The van der Waals surface area contributed by atoms with Crippen LogP contribution in [0.2, 0.25) is 0 Å². The molecule has 4 aromatic rings. The smallest absolute Gasteiger partial charge is 0.238 e. The molecule has 0 aliphatic heterocycles. The van der Waals surface area contributed by atoms with Crippen molar-refractivity contribution in [3.05, 3.63) is 107 Å². The minimum absolute atomic E-state index is 0.0524. The molecule has 0 spiro atoms. The maximum absolute atomic E-state index is 14.0. The van der Waals surface area contributed by atoms with Crippen LogP contribution in [0.1, 0.15) is 43.6 Å². The second-order valence-electron chi connectivity index (χ2n) is 10.0. The molecule has 1 heterocycles. The summed E-state index contributed by atoms with van der Waals surface area (Å²) in [7, 11) is 0. The normalized spacial score (nSPS) is 14.4. The third kappa shape index (κ3) is 6.12. The molecule has 1 saturated carbocycles. The van der Waals surface area contributed by atoms with Gasteiger partial charge in [-0.1, -0.05) is 67.8 Å². The molecule has 1 aliphatic carbocycles. The number of rotatable bonds is 8. The average molecular weight is 538 g/mol. The minimum Gasteiger partial charge on any atom is -0.464 e. The molecule has 1 unspecified atom stereocenters. The molecule has 40 heavy (non-hydrogen) atoms. The van der Waals surface area contributed by atoms with Crippen molar-refractivity contribution in [3.8, 4) is 0 Å². The van der Waals surface area contributed by atoms with E-state index in [-0.39, 0.29) is 17.0 Å². The van der Waals surface area contributed by atoms with E-state index in [1.165, 1.54) is 6.26 Å². The van der Waals surface area contributed by atoms with E-state index in [9.17, 15) is 19.2 Å². The summed E-state index contributed by atoms with van der Waals surface area (Å²) < 4.78 is 5.75. The van der Waals surface area contributed by atoms with E-state index in [0.29, 0.717) is 17.0 Å². The lowest BCUT2D eigenvalue weighted by Gasteiger charge is -2.29. The van der Waals surface area contributed by atoms with E-state index in [1.54, 1.807) is 84.9 Å². The van der Waals surface area contributed by atoms with Crippen LogP contribution in [0.25, 0.3) is 11.0 Å². The van der Waals surface area contributed by atoms with Crippen LogP contribution in [0, 0.1) is 5.92 Å². The molecule has 0 saturated heterocycles. The van der Waals surface area contributed by atoms with Crippen LogP contribution in [-0.2, 0) is 14.4 Å². The summed E-state index contributed by atoms with van der Waals surface area (Å²) in [6.45, 7) is 0. The van der Waals surface area contributed by atoms with Crippen molar-refractivity contribution in [2.24, 2.45) is 5.92 Å². The fourth-order valence-electron chi connectivity index (χ4n) is 5.22. The van der Waals surface area contributed by atoms with Gasteiger partial charge in [-0.2, -0.15) is 0 Å². The van der Waals surface area contributed by atoms with Crippen molar-refractivity contribution < 1.29 is 18.8 Å². The van der Waals surface area contributed by atoms with Gasteiger partial charge in [0.05, 0.1) is 17.6 Å². The van der Waals surface area contributed by atoms with Crippen molar-refractivity contribution in [2.75, 3.05) is 10.6 Å². The third-order valence-electron chi connectivity index (χ3n) is 7.26. The molecule has 1 aliphatic rings. The number of fused-ring (bicyclic) bond motifs is 1. The molecule has 3 aromatic carbocycles. The van der Waals surface area contributed by atoms with Gasteiger partial charge in [-0.25, -0.2) is 0 Å². The van der Waals surface area contributed by atoms with Gasteiger partial charge in [-0.05, 0) is 49.2 Å². The van der Waals surface area contributed by atoms with Crippen molar-refractivity contribution in [1.82, 2.24) is 5.32 Å². The zero-order chi connectivity index (χ0) is 27.9. The molecule has 1 fully saturated rings. The van der Waals surface area contributed by atoms with Crippen LogP contribution < -0.4 is 21.4 Å². The lowest BCUT2D eigenvalue weighted by Crippen LogP contribution is -2.48. The molecular formula is C32H31N3O5. The van der Waals surface area contributed by atoms with Crippen molar-refractivity contribution >= 4 is 40.1 Å². The predicted octanol–water partition coefficient (Wildman–Crippen LogP) is 5.22. The van der Waals surface area contributed by atoms with Gasteiger partial charge >= 0.3 is 0 Å². The summed E-state index contributed by atoms with van der Waals surface area (Å²) in [5.41, 5.74) is 0.754. The number of amides is 3. The maximum atomic E-state index is 14.0. The Bertz CT molecular complexity index is 1490. The van der Waals surface area contributed by atoms with Crippen LogP contribution in [0.5, 0.6) is 0 Å². The molecule has 0 radical (unpaired) electrons. The highest BCUT2D eigenvalue weighted by Crippen LogP contribution is 2.29. The number of para-hydroxylation sites is 3. The third-order valence-corrected chi connectivity index (χ3v) is 7.26. The van der Waals surface area contributed by atoms with E-state index in [4.69, 9.17) is 4.42 Å². The van der Waals surface area contributed by atoms with Crippen LogP contribution in [0.3, 0.4) is 0 Å². The Balaban J connectivity index is 1.60. The lowest BCUT2D eigenvalue weighted by molar-refractivity contribution is -0.136. The van der Waals surface area contributed by atoms with Gasteiger partial charge < -0.3 is 20.4 Å². The molecular weight excluding hydrogens is 506 g/mol. The molecule has 3 amide bonds. The molecule has 204 valence electrons. The number of anilines is 2. The van der Waals surface area contributed by atoms with E-state index in [2.05, 4.69) is 16.0 Å². The zero-order valence-corrected chi connectivity index (χ0v) is 22.0. The number of nitrogens with one attached hydrogen (secondary N) is 3. The highest BCUT2D eigenvalue weighted by molar-refractivity contribution is 6.14. The van der Waals surface area contributed by atoms with Gasteiger partial charge in [0, 0.05) is 23.0 Å². The topological polar surface area (TPSA) is 118 Å². The first-order valence-electron chi connectivity index (χ1n) is 13.5. The molecule has 8 nitrogen and oxygen atoms in total. The molecule has 3 N–H and O–H groups in total. The number of hydrogen-bond donors (Lipinski definition) is 3. The Hall–Kier alpha value is -4.72. The Morgan fingerprint density at radius 1 is 0.700 bits per heavy atom. The average Bonchev–Trinajstić information content (AvgIpc) is 2.98. The summed E-state index contributed by atoms with van der Waals surface area (Å²) in [4.78, 5) is 55.4. The van der Waals surface area contributed by atoms with Gasteiger partial charge in [0.1, 0.15) is 11.5 Å². The van der Waals surface area contributed by atoms with Gasteiger partial charge in [-0.15, -0.1) is 0 Å². The fraction of sp³-hybridized carbons (Fsp3) is 0.250. The van der Waals surface area contributed by atoms with Crippen LogP contribution in [0.15, 0.2) is 100 Å². The molecule has 1 atom stereocenters. The summed E-state index contributed by atoms with van der Waals surface area (Å²) in [6.07, 6.45) is 5.82. The summed E-state index contributed by atoms with van der Waals surface area (Å²) in [5, 5.41) is 8.82. The quantitative estimate of drug-likeness (QED) is 0.267. The standard InChI is InChI=1S/C32H31N3O5/c36-29-24-18-10-11-19-26(24)40-20-25(29)27(30(37)33-21-12-4-1-5-13-21)28(31(38)34-22-14-6-2-7-15-22)32(39)35-23-16-8-3-9-17-23/h2-3,6-11,14-21,27-28H,1,4-5,12-13H2,(H,33,37)(H,34,38)(H,35,39). The largest absolute Gasteiger partial charge is 0.464 e. The summed E-state index contributed by atoms with van der Waals surface area (Å²) >= 11 is 0. The summed E-state index contributed by atoms with van der Waals surface area (Å²) in [5.74, 6) is -5.00. The summed E-state index contributed by atoms with van der Waals surface area (Å²) in [6, 6.07) is 23.9. The molecule has 8 heteroatoms. The first kappa shape index (κ1) is 26.9. The van der Waals surface area contributed by atoms with E-state index < -0.39 is 35.0 Å². The number of carbonyl (C=O) groups is 3. The van der Waals surface area contributed by atoms with Crippen molar-refractivity contribution in [3.63, 3.8) is 0 Å². The fourth-order valence-corrected chi connectivity index (χ4v) is 5.22. The van der Waals surface area contributed by atoms with E-state index in [0.717, 1.165) is 32.1 Å². The van der Waals surface area contributed by atoms with Gasteiger partial charge in [0.15, 0.2) is 5.43 Å². The molecule has 0 bridgehead atoms. The lowest BCUT2D eigenvalue weighted by atomic mass is 9.83. The Morgan fingerprint density at radius 2 is 1.25 bits per heavy atom. The highest BCUT2D eigenvalue weighted by atomic mass is 16.3. The van der Waals surface area contributed by atoms with E-state index >= 15 is 0 Å². The number of hydrogen-bond acceptors (Lipinski definition) is 5. The minimum atomic E-state index is -1.58. The highest BCUT2D eigenvalue weighted by Gasteiger charge is 2.43. The monoisotopic (exact) mass is 537 g/mol. The second-order valence-corrected chi connectivity index (χ2v) is 10.0. The first-order valence-corrected chi connectivity index (χ1v) is 13.5. The first-order chi connectivity index (χ1) is 19.5. The number of benzene rings is 3. The van der Waals surface area contributed by atoms with Crippen LogP contribution >= 0.6 is 0 Å². The zero-order valence-electron chi connectivity index (χ0n) is 22.0.